The molecule has 6 nitrogen and oxygen atoms in total. The van der Waals surface area contributed by atoms with E-state index in [1.807, 2.05) is 30.5 Å². The van der Waals surface area contributed by atoms with Crippen LogP contribution in [0, 0.1) is 5.92 Å². The number of rotatable bonds is 5. The van der Waals surface area contributed by atoms with Gasteiger partial charge in [-0.3, -0.25) is 4.90 Å². The Morgan fingerprint density at radius 3 is 3.08 bits per heavy atom. The van der Waals surface area contributed by atoms with Crippen LogP contribution in [0.2, 0.25) is 5.02 Å². The number of benzene rings is 1. The minimum atomic E-state index is -0.327. The van der Waals surface area contributed by atoms with Crippen molar-refractivity contribution in [3.8, 4) is 0 Å². The number of thioether (sulfide) groups is 1. The molecule has 8 heteroatoms. The fourth-order valence-corrected chi connectivity index (χ4v) is 4.74. The molecule has 0 amide bonds. The Hall–Kier alpha value is -1.80. The van der Waals surface area contributed by atoms with Crippen molar-refractivity contribution in [3.63, 3.8) is 0 Å². The number of hydrogen-bond acceptors (Lipinski definition) is 6. The van der Waals surface area contributed by atoms with Crippen LogP contribution in [-0.2, 0) is 6.54 Å². The van der Waals surface area contributed by atoms with Gasteiger partial charge in [0.05, 0.1) is 11.6 Å². The highest BCUT2D eigenvalue weighted by Gasteiger charge is 2.31. The fraction of sp³-hybridized carbons (Fsp3) is 0.333. The van der Waals surface area contributed by atoms with Gasteiger partial charge in [0, 0.05) is 53.0 Å². The molecule has 26 heavy (non-hydrogen) atoms. The summed E-state index contributed by atoms with van der Waals surface area (Å²) in [4.78, 5) is 14.9. The van der Waals surface area contributed by atoms with Gasteiger partial charge in [0.15, 0.2) is 5.82 Å². The SMILES string of the molecule is Nc1ncnc2c(CN3C[C@H](CSc4cccc(Cl)c4)[C@@H](O)C3)c[nH]c12. The molecule has 136 valence electrons. The molecular formula is C18H20ClN5OS. The third kappa shape index (κ3) is 3.66. The van der Waals surface area contributed by atoms with Crippen LogP contribution >= 0.6 is 23.4 Å². The smallest absolute Gasteiger partial charge is 0.151 e. The Morgan fingerprint density at radius 2 is 2.23 bits per heavy atom. The minimum Gasteiger partial charge on any atom is -0.391 e. The van der Waals surface area contributed by atoms with Crippen LogP contribution in [0.15, 0.2) is 41.7 Å². The van der Waals surface area contributed by atoms with Gasteiger partial charge in [0.2, 0.25) is 0 Å². The molecule has 0 unspecified atom stereocenters. The zero-order chi connectivity index (χ0) is 18.1. The van der Waals surface area contributed by atoms with Gasteiger partial charge in [-0.15, -0.1) is 11.8 Å². The number of aliphatic hydroxyl groups is 1. The first-order valence-electron chi connectivity index (χ1n) is 8.45. The highest BCUT2D eigenvalue weighted by molar-refractivity contribution is 7.99. The van der Waals surface area contributed by atoms with Crippen molar-refractivity contribution in [2.24, 2.45) is 5.92 Å². The molecule has 0 aliphatic carbocycles. The number of β-amino-alcohol motifs (C(OH)–C–C–N with tert-alkyl or cyclic N) is 1. The van der Waals surface area contributed by atoms with Gasteiger partial charge in [-0.1, -0.05) is 17.7 Å². The van der Waals surface area contributed by atoms with Gasteiger partial charge < -0.3 is 15.8 Å². The van der Waals surface area contributed by atoms with E-state index in [1.54, 1.807) is 11.8 Å². The van der Waals surface area contributed by atoms with Crippen LogP contribution in [0.5, 0.6) is 0 Å². The summed E-state index contributed by atoms with van der Waals surface area (Å²) in [6.45, 7) is 2.24. The molecular weight excluding hydrogens is 370 g/mol. The van der Waals surface area contributed by atoms with E-state index in [2.05, 4.69) is 19.9 Å². The molecule has 4 rings (SSSR count). The fourth-order valence-electron chi connectivity index (χ4n) is 3.37. The normalized spacial score (nSPS) is 20.8. The summed E-state index contributed by atoms with van der Waals surface area (Å²) in [5.41, 5.74) is 8.58. The number of nitrogen functional groups attached to an aromatic ring is 1. The average molecular weight is 390 g/mol. The van der Waals surface area contributed by atoms with Crippen LogP contribution in [0.4, 0.5) is 5.82 Å². The Bertz CT molecular complexity index is 917. The Kier molecular flexibility index (Phi) is 5.04. The summed E-state index contributed by atoms with van der Waals surface area (Å²) >= 11 is 7.77. The van der Waals surface area contributed by atoms with Gasteiger partial charge in [-0.05, 0) is 18.2 Å². The highest BCUT2D eigenvalue weighted by atomic mass is 35.5. The van der Waals surface area contributed by atoms with Gasteiger partial charge in [0.1, 0.15) is 11.8 Å². The monoisotopic (exact) mass is 389 g/mol. The lowest BCUT2D eigenvalue weighted by atomic mass is 10.1. The second-order valence-corrected chi connectivity index (χ2v) is 8.12. The van der Waals surface area contributed by atoms with Crippen molar-refractivity contribution in [3.05, 3.63) is 47.4 Å². The molecule has 1 fully saturated rings. The number of aromatic amines is 1. The van der Waals surface area contributed by atoms with E-state index >= 15 is 0 Å². The third-order valence-corrected chi connectivity index (χ3v) is 6.12. The first kappa shape index (κ1) is 17.6. The Balaban J connectivity index is 1.39. The molecule has 0 bridgehead atoms. The lowest BCUT2D eigenvalue weighted by molar-refractivity contribution is 0.149. The molecule has 1 saturated heterocycles. The van der Waals surface area contributed by atoms with Crippen LogP contribution in [0.25, 0.3) is 11.0 Å². The maximum Gasteiger partial charge on any atom is 0.151 e. The van der Waals surface area contributed by atoms with Gasteiger partial charge in [-0.2, -0.15) is 0 Å². The summed E-state index contributed by atoms with van der Waals surface area (Å²) in [6, 6.07) is 7.83. The lowest BCUT2D eigenvalue weighted by Crippen LogP contribution is -2.21. The number of nitrogens with one attached hydrogen (secondary N) is 1. The molecule has 1 aliphatic rings. The molecule has 1 aliphatic heterocycles. The Morgan fingerprint density at radius 1 is 1.35 bits per heavy atom. The number of aromatic nitrogens is 3. The van der Waals surface area contributed by atoms with E-state index in [0.717, 1.165) is 45.4 Å². The predicted molar refractivity (Wildman–Crippen MR) is 105 cm³/mol. The summed E-state index contributed by atoms with van der Waals surface area (Å²) in [5, 5.41) is 11.2. The van der Waals surface area contributed by atoms with Gasteiger partial charge in [-0.25, -0.2) is 9.97 Å². The first-order chi connectivity index (χ1) is 12.6. The number of likely N-dealkylation sites (tertiary alicyclic amines) is 1. The summed E-state index contributed by atoms with van der Waals surface area (Å²) in [5.74, 6) is 1.54. The van der Waals surface area contributed by atoms with Crippen molar-refractivity contribution < 1.29 is 5.11 Å². The zero-order valence-corrected chi connectivity index (χ0v) is 15.7. The maximum atomic E-state index is 10.4. The molecule has 1 aromatic carbocycles. The minimum absolute atomic E-state index is 0.226. The van der Waals surface area contributed by atoms with Gasteiger partial charge in [0.25, 0.3) is 0 Å². The third-order valence-electron chi connectivity index (χ3n) is 4.71. The van der Waals surface area contributed by atoms with E-state index < -0.39 is 0 Å². The van der Waals surface area contributed by atoms with Gasteiger partial charge >= 0.3 is 0 Å². The molecule has 2 aromatic heterocycles. The molecule has 3 heterocycles. The molecule has 0 radical (unpaired) electrons. The first-order valence-corrected chi connectivity index (χ1v) is 9.81. The van der Waals surface area contributed by atoms with Crippen molar-refractivity contribution in [2.75, 3.05) is 24.6 Å². The van der Waals surface area contributed by atoms with Crippen LogP contribution in [0.3, 0.4) is 0 Å². The van der Waals surface area contributed by atoms with Crippen LogP contribution < -0.4 is 5.73 Å². The summed E-state index contributed by atoms with van der Waals surface area (Å²) < 4.78 is 0. The van der Waals surface area contributed by atoms with Crippen LogP contribution in [-0.4, -0.2) is 49.9 Å². The van der Waals surface area contributed by atoms with E-state index in [1.165, 1.54) is 6.33 Å². The zero-order valence-electron chi connectivity index (χ0n) is 14.1. The second-order valence-electron chi connectivity index (χ2n) is 6.59. The molecule has 3 aromatic rings. The van der Waals surface area contributed by atoms with Crippen LogP contribution in [0.1, 0.15) is 5.56 Å². The maximum absolute atomic E-state index is 10.4. The topological polar surface area (TPSA) is 91.1 Å². The number of halogens is 1. The largest absolute Gasteiger partial charge is 0.391 e. The van der Waals surface area contributed by atoms with Crippen molar-refractivity contribution in [1.29, 1.82) is 0 Å². The van der Waals surface area contributed by atoms with E-state index in [-0.39, 0.29) is 12.0 Å². The quantitative estimate of drug-likeness (QED) is 0.581. The number of aliphatic hydroxyl groups excluding tert-OH is 1. The van der Waals surface area contributed by atoms with E-state index in [9.17, 15) is 5.11 Å². The standard InChI is InChI=1S/C18H20ClN5OS/c19-13-2-1-3-14(4-13)26-9-12-7-24(8-15(12)25)6-11-5-21-17-16(11)22-10-23-18(17)20/h1-5,10,12,15,21,25H,6-9H2,(H2,20,22,23)/t12-,15+/m1/s1. The number of hydrogen-bond donors (Lipinski definition) is 3. The van der Waals surface area contributed by atoms with E-state index in [0.29, 0.717) is 12.4 Å². The number of nitrogens with zero attached hydrogens (tertiary/aromatic N) is 3. The summed E-state index contributed by atoms with van der Waals surface area (Å²) in [7, 11) is 0. The highest BCUT2D eigenvalue weighted by Crippen LogP contribution is 2.29. The lowest BCUT2D eigenvalue weighted by Gasteiger charge is -2.15. The number of H-pyrrole nitrogens is 1. The number of anilines is 1. The van der Waals surface area contributed by atoms with Crippen molar-refractivity contribution >= 4 is 40.2 Å². The van der Waals surface area contributed by atoms with Crippen molar-refractivity contribution in [1.82, 2.24) is 19.9 Å². The Labute approximate surface area is 160 Å². The average Bonchev–Trinajstić information content (AvgIpc) is 3.18. The second kappa shape index (κ2) is 7.44. The van der Waals surface area contributed by atoms with E-state index in [4.69, 9.17) is 17.3 Å². The molecule has 4 N–H and O–H groups in total. The number of fused-ring (bicyclic) bond motifs is 1. The number of nitrogens with two attached hydrogens (primary N) is 1. The van der Waals surface area contributed by atoms with Crippen molar-refractivity contribution in [2.45, 2.75) is 17.5 Å². The predicted octanol–water partition coefficient (Wildman–Crippen LogP) is 2.78. The molecule has 0 spiro atoms. The summed E-state index contributed by atoms with van der Waals surface area (Å²) in [6.07, 6.45) is 3.08. The molecule has 2 atom stereocenters. The molecule has 0 saturated carbocycles.